The Bertz CT molecular complexity index is 372. The standard InChI is InChI=1S/C16H31N3O/c1-6-11-17-15(13-14-10-12-19(5)18-14)16(7-2,8-3)20-9-4/h10,12,15,17H,6-9,11,13H2,1-5H3. The summed E-state index contributed by atoms with van der Waals surface area (Å²) in [6.07, 6.45) is 6.10. The van der Waals surface area contributed by atoms with Gasteiger partial charge < -0.3 is 10.1 Å². The average molecular weight is 281 g/mol. The summed E-state index contributed by atoms with van der Waals surface area (Å²) in [5, 5.41) is 8.20. The van der Waals surface area contributed by atoms with Crippen molar-refractivity contribution in [3.63, 3.8) is 0 Å². The predicted octanol–water partition coefficient (Wildman–Crippen LogP) is 2.93. The van der Waals surface area contributed by atoms with Gasteiger partial charge in [-0.25, -0.2) is 0 Å². The molecule has 0 radical (unpaired) electrons. The molecule has 20 heavy (non-hydrogen) atoms. The van der Waals surface area contributed by atoms with Crippen LogP contribution < -0.4 is 5.32 Å². The third kappa shape index (κ3) is 4.32. The van der Waals surface area contributed by atoms with Crippen LogP contribution in [0.1, 0.15) is 52.7 Å². The van der Waals surface area contributed by atoms with Gasteiger partial charge in [0, 0.05) is 32.3 Å². The number of aromatic nitrogens is 2. The lowest BCUT2D eigenvalue weighted by atomic mass is 9.85. The lowest BCUT2D eigenvalue weighted by Crippen LogP contribution is -2.53. The molecule has 0 fully saturated rings. The van der Waals surface area contributed by atoms with Crippen molar-refractivity contribution in [2.45, 2.75) is 65.0 Å². The minimum absolute atomic E-state index is 0.0958. The molecule has 1 unspecified atom stereocenters. The van der Waals surface area contributed by atoms with Gasteiger partial charge in [-0.2, -0.15) is 5.10 Å². The fraction of sp³-hybridized carbons (Fsp3) is 0.812. The summed E-state index contributed by atoms with van der Waals surface area (Å²) in [6.45, 7) is 10.5. The van der Waals surface area contributed by atoms with Gasteiger partial charge in [0.05, 0.1) is 11.3 Å². The maximum atomic E-state index is 6.17. The zero-order valence-corrected chi connectivity index (χ0v) is 13.8. The van der Waals surface area contributed by atoms with E-state index >= 15 is 0 Å². The SMILES string of the molecule is CCCNC(Cc1ccn(C)n1)C(CC)(CC)OCC. The quantitative estimate of drug-likeness (QED) is 0.716. The molecule has 0 bridgehead atoms. The summed E-state index contributed by atoms with van der Waals surface area (Å²) < 4.78 is 8.04. The summed E-state index contributed by atoms with van der Waals surface area (Å²) >= 11 is 0. The molecule has 1 rings (SSSR count). The van der Waals surface area contributed by atoms with Crippen molar-refractivity contribution in [2.75, 3.05) is 13.2 Å². The van der Waals surface area contributed by atoms with E-state index in [4.69, 9.17) is 4.74 Å². The van der Waals surface area contributed by atoms with Crippen molar-refractivity contribution in [3.8, 4) is 0 Å². The molecule has 0 aliphatic heterocycles. The van der Waals surface area contributed by atoms with E-state index in [1.807, 2.05) is 17.9 Å². The summed E-state index contributed by atoms with van der Waals surface area (Å²) in [5.74, 6) is 0. The Kier molecular flexibility index (Phi) is 7.24. The molecule has 0 saturated carbocycles. The van der Waals surface area contributed by atoms with E-state index in [2.05, 4.69) is 44.2 Å². The van der Waals surface area contributed by atoms with Crippen LogP contribution >= 0.6 is 0 Å². The lowest BCUT2D eigenvalue weighted by molar-refractivity contribution is -0.0720. The van der Waals surface area contributed by atoms with Gasteiger partial charge in [0.25, 0.3) is 0 Å². The molecule has 0 saturated heterocycles. The maximum Gasteiger partial charge on any atom is 0.0833 e. The second-order valence-corrected chi connectivity index (χ2v) is 5.40. The zero-order chi connectivity index (χ0) is 15.0. The van der Waals surface area contributed by atoms with Crippen molar-refractivity contribution in [3.05, 3.63) is 18.0 Å². The van der Waals surface area contributed by atoms with Gasteiger partial charge in [-0.1, -0.05) is 20.8 Å². The molecule has 0 aliphatic carbocycles. The van der Waals surface area contributed by atoms with Crippen LogP contribution in [0.25, 0.3) is 0 Å². The monoisotopic (exact) mass is 281 g/mol. The molecule has 4 heteroatoms. The van der Waals surface area contributed by atoms with E-state index in [0.717, 1.165) is 44.5 Å². The van der Waals surface area contributed by atoms with Crippen molar-refractivity contribution in [1.29, 1.82) is 0 Å². The third-order valence-electron chi connectivity index (χ3n) is 4.09. The average Bonchev–Trinajstić information content (AvgIpc) is 2.86. The lowest BCUT2D eigenvalue weighted by Gasteiger charge is -2.40. The van der Waals surface area contributed by atoms with Crippen LogP contribution in [0.2, 0.25) is 0 Å². The molecule has 0 amide bonds. The van der Waals surface area contributed by atoms with Crippen molar-refractivity contribution in [2.24, 2.45) is 7.05 Å². The zero-order valence-electron chi connectivity index (χ0n) is 13.8. The van der Waals surface area contributed by atoms with E-state index in [9.17, 15) is 0 Å². The Labute approximate surface area is 123 Å². The van der Waals surface area contributed by atoms with Gasteiger partial charge in [0.1, 0.15) is 0 Å². The third-order valence-corrected chi connectivity index (χ3v) is 4.09. The molecule has 116 valence electrons. The molecule has 1 N–H and O–H groups in total. The molecule has 0 aliphatic rings. The number of hydrogen-bond donors (Lipinski definition) is 1. The highest BCUT2D eigenvalue weighted by Gasteiger charge is 2.36. The molecule has 4 nitrogen and oxygen atoms in total. The first-order valence-electron chi connectivity index (χ1n) is 7.97. The molecule has 0 spiro atoms. The van der Waals surface area contributed by atoms with Gasteiger partial charge >= 0.3 is 0 Å². The first-order chi connectivity index (χ1) is 9.61. The van der Waals surface area contributed by atoms with Crippen molar-refractivity contribution < 1.29 is 4.74 Å². The maximum absolute atomic E-state index is 6.17. The number of rotatable bonds is 10. The first kappa shape index (κ1) is 17.2. The highest BCUT2D eigenvalue weighted by atomic mass is 16.5. The van der Waals surface area contributed by atoms with Gasteiger partial charge in [0.15, 0.2) is 0 Å². The van der Waals surface area contributed by atoms with Crippen molar-refractivity contribution in [1.82, 2.24) is 15.1 Å². The second kappa shape index (κ2) is 8.42. The minimum atomic E-state index is -0.0958. The number of nitrogens with one attached hydrogen (secondary N) is 1. The Morgan fingerprint density at radius 1 is 1.30 bits per heavy atom. The predicted molar refractivity (Wildman–Crippen MR) is 83.9 cm³/mol. The van der Waals surface area contributed by atoms with Crippen LogP contribution in [0.5, 0.6) is 0 Å². The smallest absolute Gasteiger partial charge is 0.0833 e. The molecular weight excluding hydrogens is 250 g/mol. The van der Waals surface area contributed by atoms with Gasteiger partial charge in [0.2, 0.25) is 0 Å². The number of aryl methyl sites for hydroxylation is 1. The van der Waals surface area contributed by atoms with E-state index in [1.54, 1.807) is 0 Å². The number of ether oxygens (including phenoxy) is 1. The van der Waals surface area contributed by atoms with Crippen LogP contribution in [0.4, 0.5) is 0 Å². The van der Waals surface area contributed by atoms with Crippen LogP contribution in [-0.2, 0) is 18.2 Å². The Balaban J connectivity index is 2.89. The molecule has 1 aromatic rings. The Morgan fingerprint density at radius 2 is 2.00 bits per heavy atom. The molecule has 1 aromatic heterocycles. The van der Waals surface area contributed by atoms with Crippen LogP contribution in [0.3, 0.4) is 0 Å². The summed E-state index contributed by atoms with van der Waals surface area (Å²) in [7, 11) is 1.97. The fourth-order valence-corrected chi connectivity index (χ4v) is 2.88. The largest absolute Gasteiger partial charge is 0.374 e. The van der Waals surface area contributed by atoms with Crippen LogP contribution in [-0.4, -0.2) is 34.6 Å². The van der Waals surface area contributed by atoms with Crippen LogP contribution in [0, 0.1) is 0 Å². The van der Waals surface area contributed by atoms with Crippen molar-refractivity contribution >= 4 is 0 Å². The molecule has 0 aromatic carbocycles. The van der Waals surface area contributed by atoms with E-state index in [1.165, 1.54) is 0 Å². The molecule has 1 heterocycles. The molecule has 1 atom stereocenters. The highest BCUT2D eigenvalue weighted by Crippen LogP contribution is 2.27. The Hall–Kier alpha value is -0.870. The van der Waals surface area contributed by atoms with Gasteiger partial charge in [-0.05, 0) is 38.8 Å². The van der Waals surface area contributed by atoms with E-state index in [-0.39, 0.29) is 5.60 Å². The minimum Gasteiger partial charge on any atom is -0.374 e. The number of hydrogen-bond acceptors (Lipinski definition) is 3. The fourth-order valence-electron chi connectivity index (χ4n) is 2.88. The van der Waals surface area contributed by atoms with E-state index < -0.39 is 0 Å². The first-order valence-corrected chi connectivity index (χ1v) is 7.97. The molecular formula is C16H31N3O. The second-order valence-electron chi connectivity index (χ2n) is 5.40. The highest BCUT2D eigenvalue weighted by molar-refractivity contribution is 5.05. The summed E-state index contributed by atoms with van der Waals surface area (Å²) in [5.41, 5.74) is 1.04. The summed E-state index contributed by atoms with van der Waals surface area (Å²) in [6, 6.07) is 2.41. The number of nitrogens with zero attached hydrogens (tertiary/aromatic N) is 2. The van der Waals surface area contributed by atoms with Crippen LogP contribution in [0.15, 0.2) is 12.3 Å². The topological polar surface area (TPSA) is 39.1 Å². The van der Waals surface area contributed by atoms with Gasteiger partial charge in [-0.15, -0.1) is 0 Å². The van der Waals surface area contributed by atoms with E-state index in [0.29, 0.717) is 6.04 Å². The Morgan fingerprint density at radius 3 is 2.45 bits per heavy atom. The summed E-state index contributed by atoms with van der Waals surface area (Å²) in [4.78, 5) is 0. The normalized spacial score (nSPS) is 13.7. The van der Waals surface area contributed by atoms with Gasteiger partial charge in [-0.3, -0.25) is 4.68 Å².